The van der Waals surface area contributed by atoms with Crippen molar-refractivity contribution in [3.63, 3.8) is 0 Å². The van der Waals surface area contributed by atoms with Gasteiger partial charge in [0.15, 0.2) is 0 Å². The highest BCUT2D eigenvalue weighted by atomic mass is 32.1. The first-order chi connectivity index (χ1) is 7.15. The van der Waals surface area contributed by atoms with E-state index >= 15 is 0 Å². The summed E-state index contributed by atoms with van der Waals surface area (Å²) in [5.41, 5.74) is 5.53. The molecule has 1 aliphatic rings. The summed E-state index contributed by atoms with van der Waals surface area (Å²) in [5.74, 6) is 0.206. The number of thiocarbonyl (C=S) groups is 1. The van der Waals surface area contributed by atoms with Crippen LogP contribution >= 0.6 is 12.2 Å². The van der Waals surface area contributed by atoms with E-state index in [0.29, 0.717) is 24.0 Å². The number of amides is 1. The molecule has 1 rings (SSSR count). The first-order valence-electron chi connectivity index (χ1n) is 5.73. The average molecular weight is 228 g/mol. The SMILES string of the molecule is CCCC(=O)N(CC(N)=S)C1CCCC1. The molecule has 0 aromatic rings. The predicted molar refractivity (Wildman–Crippen MR) is 65.7 cm³/mol. The van der Waals surface area contributed by atoms with Gasteiger partial charge in [0.1, 0.15) is 0 Å². The summed E-state index contributed by atoms with van der Waals surface area (Å²) in [6, 6.07) is 0.380. The summed E-state index contributed by atoms with van der Waals surface area (Å²) in [5, 5.41) is 0. The van der Waals surface area contributed by atoms with Gasteiger partial charge in [-0.3, -0.25) is 4.79 Å². The van der Waals surface area contributed by atoms with Crippen LogP contribution in [0, 0.1) is 0 Å². The molecule has 0 aliphatic heterocycles. The quantitative estimate of drug-likeness (QED) is 0.730. The molecule has 0 aromatic carbocycles. The molecule has 0 heterocycles. The Morgan fingerprint density at radius 1 is 1.47 bits per heavy atom. The summed E-state index contributed by atoms with van der Waals surface area (Å²) < 4.78 is 0. The molecule has 2 N–H and O–H groups in total. The average Bonchev–Trinajstić information content (AvgIpc) is 2.66. The summed E-state index contributed by atoms with van der Waals surface area (Å²) in [4.78, 5) is 14.2. The maximum atomic E-state index is 11.9. The minimum Gasteiger partial charge on any atom is -0.392 e. The van der Waals surface area contributed by atoms with Crippen LogP contribution in [-0.2, 0) is 4.79 Å². The third-order valence-electron chi connectivity index (χ3n) is 2.88. The standard InChI is InChI=1S/C11H20N2OS/c1-2-5-11(14)13(8-10(12)15)9-6-3-4-7-9/h9H,2-8H2,1H3,(H2,12,15). The fourth-order valence-corrected chi connectivity index (χ4v) is 2.30. The van der Waals surface area contributed by atoms with Gasteiger partial charge < -0.3 is 10.6 Å². The number of rotatable bonds is 5. The van der Waals surface area contributed by atoms with E-state index in [4.69, 9.17) is 18.0 Å². The van der Waals surface area contributed by atoms with Gasteiger partial charge in [0, 0.05) is 12.5 Å². The van der Waals surface area contributed by atoms with Gasteiger partial charge in [-0.05, 0) is 19.3 Å². The van der Waals surface area contributed by atoms with E-state index in [2.05, 4.69) is 0 Å². The molecular formula is C11H20N2OS. The van der Waals surface area contributed by atoms with Crippen molar-refractivity contribution in [2.45, 2.75) is 51.5 Å². The van der Waals surface area contributed by atoms with Crippen LogP contribution < -0.4 is 5.73 Å². The molecule has 86 valence electrons. The van der Waals surface area contributed by atoms with Gasteiger partial charge in [-0.25, -0.2) is 0 Å². The smallest absolute Gasteiger partial charge is 0.223 e. The summed E-state index contributed by atoms with van der Waals surface area (Å²) >= 11 is 4.89. The number of nitrogens with two attached hydrogens (primary N) is 1. The predicted octanol–water partition coefficient (Wildman–Crippen LogP) is 1.84. The van der Waals surface area contributed by atoms with Crippen LogP contribution in [0.2, 0.25) is 0 Å². The molecule has 0 saturated heterocycles. The molecule has 1 aliphatic carbocycles. The molecule has 1 fully saturated rings. The maximum Gasteiger partial charge on any atom is 0.223 e. The van der Waals surface area contributed by atoms with Crippen molar-refractivity contribution in [2.75, 3.05) is 6.54 Å². The van der Waals surface area contributed by atoms with Crippen molar-refractivity contribution in [2.24, 2.45) is 5.73 Å². The van der Waals surface area contributed by atoms with Crippen LogP contribution in [-0.4, -0.2) is 28.4 Å². The molecule has 0 unspecified atom stereocenters. The van der Waals surface area contributed by atoms with Crippen molar-refractivity contribution in [3.05, 3.63) is 0 Å². The highest BCUT2D eigenvalue weighted by Gasteiger charge is 2.26. The Morgan fingerprint density at radius 3 is 2.53 bits per heavy atom. The Morgan fingerprint density at radius 2 is 2.07 bits per heavy atom. The Labute approximate surface area is 97.0 Å². The number of carbonyl (C=O) groups excluding carboxylic acids is 1. The second-order valence-electron chi connectivity index (χ2n) is 4.18. The van der Waals surface area contributed by atoms with E-state index in [1.165, 1.54) is 12.8 Å². The highest BCUT2D eigenvalue weighted by molar-refractivity contribution is 7.80. The number of carbonyl (C=O) groups is 1. The third-order valence-corrected chi connectivity index (χ3v) is 3.00. The van der Waals surface area contributed by atoms with Crippen molar-refractivity contribution >= 4 is 23.1 Å². The number of hydrogen-bond donors (Lipinski definition) is 1. The highest BCUT2D eigenvalue weighted by Crippen LogP contribution is 2.24. The first kappa shape index (κ1) is 12.4. The minimum absolute atomic E-state index is 0.206. The lowest BCUT2D eigenvalue weighted by Gasteiger charge is -2.28. The topological polar surface area (TPSA) is 46.3 Å². The second-order valence-corrected chi connectivity index (χ2v) is 4.70. The molecule has 0 radical (unpaired) electrons. The van der Waals surface area contributed by atoms with Crippen LogP contribution in [0.5, 0.6) is 0 Å². The van der Waals surface area contributed by atoms with Crippen molar-refractivity contribution in [3.8, 4) is 0 Å². The Hall–Kier alpha value is -0.640. The lowest BCUT2D eigenvalue weighted by Crippen LogP contribution is -2.43. The van der Waals surface area contributed by atoms with Crippen molar-refractivity contribution in [1.29, 1.82) is 0 Å². The number of hydrogen-bond acceptors (Lipinski definition) is 2. The molecule has 4 heteroatoms. The van der Waals surface area contributed by atoms with E-state index in [-0.39, 0.29) is 5.91 Å². The number of nitrogens with zero attached hydrogens (tertiary/aromatic N) is 1. The van der Waals surface area contributed by atoms with Gasteiger partial charge >= 0.3 is 0 Å². The molecule has 1 saturated carbocycles. The van der Waals surface area contributed by atoms with Crippen LogP contribution in [0.1, 0.15) is 45.4 Å². The fourth-order valence-electron chi connectivity index (χ4n) is 2.16. The van der Waals surface area contributed by atoms with Gasteiger partial charge in [0.2, 0.25) is 5.91 Å². The zero-order valence-corrected chi connectivity index (χ0v) is 10.2. The van der Waals surface area contributed by atoms with Crippen LogP contribution in [0.25, 0.3) is 0 Å². The van der Waals surface area contributed by atoms with E-state index in [9.17, 15) is 4.79 Å². The van der Waals surface area contributed by atoms with Gasteiger partial charge in [-0.1, -0.05) is 32.0 Å². The molecule has 15 heavy (non-hydrogen) atoms. The summed E-state index contributed by atoms with van der Waals surface area (Å²) in [7, 11) is 0. The molecular weight excluding hydrogens is 208 g/mol. The normalized spacial score (nSPS) is 16.6. The first-order valence-corrected chi connectivity index (χ1v) is 6.13. The maximum absolute atomic E-state index is 11.9. The molecule has 0 atom stereocenters. The minimum atomic E-state index is 0.206. The monoisotopic (exact) mass is 228 g/mol. The Bertz CT molecular complexity index is 237. The summed E-state index contributed by atoms with van der Waals surface area (Å²) in [6.07, 6.45) is 6.16. The van der Waals surface area contributed by atoms with Crippen molar-refractivity contribution in [1.82, 2.24) is 4.90 Å². The van der Waals surface area contributed by atoms with E-state index in [0.717, 1.165) is 19.3 Å². The van der Waals surface area contributed by atoms with E-state index < -0.39 is 0 Å². The zero-order valence-electron chi connectivity index (χ0n) is 9.37. The van der Waals surface area contributed by atoms with Crippen LogP contribution in [0.15, 0.2) is 0 Å². The zero-order chi connectivity index (χ0) is 11.3. The molecule has 0 aromatic heterocycles. The Balaban J connectivity index is 2.58. The van der Waals surface area contributed by atoms with Gasteiger partial charge in [0.05, 0.1) is 11.5 Å². The van der Waals surface area contributed by atoms with Crippen LogP contribution in [0.3, 0.4) is 0 Å². The molecule has 1 amide bonds. The van der Waals surface area contributed by atoms with Crippen LogP contribution in [0.4, 0.5) is 0 Å². The second kappa shape index (κ2) is 6.05. The van der Waals surface area contributed by atoms with Gasteiger partial charge in [-0.2, -0.15) is 0 Å². The molecule has 0 spiro atoms. The lowest BCUT2D eigenvalue weighted by molar-refractivity contribution is -0.132. The van der Waals surface area contributed by atoms with E-state index in [1.807, 2.05) is 11.8 Å². The van der Waals surface area contributed by atoms with Gasteiger partial charge in [-0.15, -0.1) is 0 Å². The fraction of sp³-hybridized carbons (Fsp3) is 0.818. The molecule has 3 nitrogen and oxygen atoms in total. The van der Waals surface area contributed by atoms with E-state index in [1.54, 1.807) is 0 Å². The lowest BCUT2D eigenvalue weighted by atomic mass is 10.2. The van der Waals surface area contributed by atoms with Gasteiger partial charge in [0.25, 0.3) is 0 Å². The Kier molecular flexibility index (Phi) is 5.02. The third kappa shape index (κ3) is 3.78. The largest absolute Gasteiger partial charge is 0.392 e. The summed E-state index contributed by atoms with van der Waals surface area (Å²) in [6.45, 7) is 2.48. The molecule has 0 bridgehead atoms. The van der Waals surface area contributed by atoms with Crippen molar-refractivity contribution < 1.29 is 4.79 Å².